The van der Waals surface area contributed by atoms with E-state index in [1.165, 1.54) is 0 Å². The second-order valence-corrected chi connectivity index (χ2v) is 4.56. The summed E-state index contributed by atoms with van der Waals surface area (Å²) in [6.07, 6.45) is 0.0162. The zero-order chi connectivity index (χ0) is 14.3. The monoisotopic (exact) mass is 284 g/mol. The number of carbonyl (C=O) groups is 2. The first-order valence-corrected chi connectivity index (χ1v) is 6.36. The third-order valence-corrected chi connectivity index (χ3v) is 2.74. The molecule has 0 spiro atoms. The zero-order valence-corrected chi connectivity index (χ0v) is 11.4. The van der Waals surface area contributed by atoms with E-state index < -0.39 is 12.0 Å². The highest BCUT2D eigenvalue weighted by Crippen LogP contribution is 2.14. The van der Waals surface area contributed by atoms with Crippen molar-refractivity contribution >= 4 is 23.4 Å². The van der Waals surface area contributed by atoms with Crippen LogP contribution in [0.25, 0.3) is 0 Å². The maximum atomic E-state index is 11.7. The number of hydrogen-bond donors (Lipinski definition) is 3. The summed E-state index contributed by atoms with van der Waals surface area (Å²) in [6.45, 7) is 1.90. The van der Waals surface area contributed by atoms with E-state index >= 15 is 0 Å². The lowest BCUT2D eigenvalue weighted by Crippen LogP contribution is -2.37. The van der Waals surface area contributed by atoms with Gasteiger partial charge in [-0.2, -0.15) is 0 Å². The van der Waals surface area contributed by atoms with E-state index in [0.717, 1.165) is 0 Å². The molecule has 3 N–H and O–H groups in total. The van der Waals surface area contributed by atoms with Crippen LogP contribution in [0, 0.1) is 0 Å². The van der Waals surface area contributed by atoms with E-state index in [4.69, 9.17) is 16.7 Å². The normalized spacial score (nSPS) is 11.7. The summed E-state index contributed by atoms with van der Waals surface area (Å²) in [4.78, 5) is 23.1. The number of halogens is 1. The van der Waals surface area contributed by atoms with E-state index in [1.54, 1.807) is 31.2 Å². The predicted molar refractivity (Wildman–Crippen MR) is 73.1 cm³/mol. The number of rotatable bonds is 6. The highest BCUT2D eigenvalue weighted by atomic mass is 35.5. The SMILES string of the molecule is CC(O)CCNC(=O)CNC(=O)c1ccccc1Cl. The van der Waals surface area contributed by atoms with Gasteiger partial charge in [-0.05, 0) is 25.5 Å². The lowest BCUT2D eigenvalue weighted by molar-refractivity contribution is -0.120. The molecule has 0 aliphatic carbocycles. The number of carbonyl (C=O) groups excluding carboxylic acids is 2. The molecular formula is C13H17ClN2O3. The van der Waals surface area contributed by atoms with Crippen LogP contribution < -0.4 is 10.6 Å². The van der Waals surface area contributed by atoms with E-state index in [2.05, 4.69) is 10.6 Å². The first kappa shape index (κ1) is 15.5. The Morgan fingerprint density at radius 1 is 1.32 bits per heavy atom. The molecule has 0 aromatic heterocycles. The number of hydrogen-bond acceptors (Lipinski definition) is 3. The Balaban J connectivity index is 2.34. The fraction of sp³-hybridized carbons (Fsp3) is 0.385. The van der Waals surface area contributed by atoms with Gasteiger partial charge in [0.15, 0.2) is 0 Å². The molecule has 5 nitrogen and oxygen atoms in total. The molecule has 0 saturated heterocycles. The minimum absolute atomic E-state index is 0.121. The second-order valence-electron chi connectivity index (χ2n) is 4.15. The molecule has 1 aromatic rings. The average Bonchev–Trinajstić information content (AvgIpc) is 2.36. The highest BCUT2D eigenvalue weighted by molar-refractivity contribution is 6.33. The molecule has 1 unspecified atom stereocenters. The quantitative estimate of drug-likeness (QED) is 0.728. The molecule has 1 aromatic carbocycles. The maximum absolute atomic E-state index is 11.7. The molecular weight excluding hydrogens is 268 g/mol. The van der Waals surface area contributed by atoms with Gasteiger partial charge in [-0.25, -0.2) is 0 Å². The Hall–Kier alpha value is -1.59. The summed E-state index contributed by atoms with van der Waals surface area (Å²) in [6, 6.07) is 6.62. The first-order valence-electron chi connectivity index (χ1n) is 5.98. The average molecular weight is 285 g/mol. The largest absolute Gasteiger partial charge is 0.393 e. The van der Waals surface area contributed by atoms with Gasteiger partial charge < -0.3 is 15.7 Å². The van der Waals surface area contributed by atoms with Crippen molar-refractivity contribution in [3.8, 4) is 0 Å². The topological polar surface area (TPSA) is 78.4 Å². The third kappa shape index (κ3) is 5.72. The van der Waals surface area contributed by atoms with Crippen LogP contribution in [0.15, 0.2) is 24.3 Å². The van der Waals surface area contributed by atoms with Crippen LogP contribution in [-0.2, 0) is 4.79 Å². The van der Waals surface area contributed by atoms with Gasteiger partial charge in [0.1, 0.15) is 0 Å². The van der Waals surface area contributed by atoms with Crippen LogP contribution in [0.5, 0.6) is 0 Å². The van der Waals surface area contributed by atoms with Gasteiger partial charge in [0.05, 0.1) is 23.2 Å². The number of amides is 2. The summed E-state index contributed by atoms with van der Waals surface area (Å²) >= 11 is 5.86. The van der Waals surface area contributed by atoms with Crippen molar-refractivity contribution in [2.24, 2.45) is 0 Å². The lowest BCUT2D eigenvalue weighted by atomic mass is 10.2. The highest BCUT2D eigenvalue weighted by Gasteiger charge is 2.10. The fourth-order valence-corrected chi connectivity index (χ4v) is 1.61. The Morgan fingerprint density at radius 2 is 2.00 bits per heavy atom. The van der Waals surface area contributed by atoms with Gasteiger partial charge in [-0.1, -0.05) is 23.7 Å². The molecule has 0 radical (unpaired) electrons. The Labute approximate surface area is 117 Å². The van der Waals surface area contributed by atoms with E-state index in [-0.39, 0.29) is 12.5 Å². The number of aliphatic hydroxyl groups is 1. The van der Waals surface area contributed by atoms with E-state index in [1.807, 2.05) is 0 Å². The molecule has 1 rings (SSSR count). The van der Waals surface area contributed by atoms with Crippen LogP contribution >= 0.6 is 11.6 Å². The smallest absolute Gasteiger partial charge is 0.253 e. The standard InChI is InChI=1S/C13H17ClN2O3/c1-9(17)6-7-15-12(18)8-16-13(19)10-4-2-3-5-11(10)14/h2-5,9,17H,6-8H2,1H3,(H,15,18)(H,16,19). The van der Waals surface area contributed by atoms with E-state index in [0.29, 0.717) is 23.6 Å². The van der Waals surface area contributed by atoms with Gasteiger partial charge >= 0.3 is 0 Å². The molecule has 0 fully saturated rings. The van der Waals surface area contributed by atoms with Gasteiger partial charge in [-0.15, -0.1) is 0 Å². The van der Waals surface area contributed by atoms with Crippen LogP contribution in [-0.4, -0.2) is 36.1 Å². The van der Waals surface area contributed by atoms with Crippen molar-refractivity contribution in [2.45, 2.75) is 19.4 Å². The van der Waals surface area contributed by atoms with Crippen molar-refractivity contribution in [2.75, 3.05) is 13.1 Å². The van der Waals surface area contributed by atoms with Crippen molar-refractivity contribution in [3.63, 3.8) is 0 Å². The molecule has 6 heteroatoms. The Morgan fingerprint density at radius 3 is 2.63 bits per heavy atom. The van der Waals surface area contributed by atoms with Crippen LogP contribution in [0.3, 0.4) is 0 Å². The van der Waals surface area contributed by atoms with Crippen LogP contribution in [0.1, 0.15) is 23.7 Å². The molecule has 19 heavy (non-hydrogen) atoms. The molecule has 0 aliphatic heterocycles. The summed E-state index contributed by atoms with van der Waals surface area (Å²) in [5.41, 5.74) is 0.334. The second kappa shape index (κ2) is 7.76. The number of aliphatic hydroxyl groups excluding tert-OH is 1. The summed E-state index contributed by atoms with van der Waals surface area (Å²) < 4.78 is 0. The van der Waals surface area contributed by atoms with Gasteiger partial charge in [0, 0.05) is 6.54 Å². The maximum Gasteiger partial charge on any atom is 0.253 e. The number of nitrogens with one attached hydrogen (secondary N) is 2. The third-order valence-electron chi connectivity index (χ3n) is 2.41. The van der Waals surface area contributed by atoms with Crippen molar-refractivity contribution in [3.05, 3.63) is 34.9 Å². The minimum atomic E-state index is -0.460. The lowest BCUT2D eigenvalue weighted by Gasteiger charge is -2.08. The van der Waals surface area contributed by atoms with E-state index in [9.17, 15) is 9.59 Å². The molecule has 0 saturated carbocycles. The molecule has 0 bridgehead atoms. The van der Waals surface area contributed by atoms with Crippen molar-refractivity contribution < 1.29 is 14.7 Å². The molecule has 0 aliphatic rings. The predicted octanol–water partition coefficient (Wildman–Crippen LogP) is 0.957. The van der Waals surface area contributed by atoms with Crippen molar-refractivity contribution in [1.29, 1.82) is 0 Å². The van der Waals surface area contributed by atoms with Gasteiger partial charge in [0.25, 0.3) is 5.91 Å². The molecule has 0 heterocycles. The summed E-state index contributed by atoms with van der Waals surface area (Å²) in [7, 11) is 0. The van der Waals surface area contributed by atoms with Crippen LogP contribution in [0.2, 0.25) is 5.02 Å². The fourth-order valence-electron chi connectivity index (χ4n) is 1.38. The minimum Gasteiger partial charge on any atom is -0.393 e. The zero-order valence-electron chi connectivity index (χ0n) is 10.6. The van der Waals surface area contributed by atoms with Gasteiger partial charge in [0.2, 0.25) is 5.91 Å². The van der Waals surface area contributed by atoms with Gasteiger partial charge in [-0.3, -0.25) is 9.59 Å². The summed E-state index contributed by atoms with van der Waals surface area (Å²) in [5.74, 6) is -0.697. The molecule has 104 valence electrons. The summed E-state index contributed by atoms with van der Waals surface area (Å²) in [5, 5.41) is 14.4. The Kier molecular flexibility index (Phi) is 6.32. The molecule has 2 amide bonds. The van der Waals surface area contributed by atoms with Crippen molar-refractivity contribution in [1.82, 2.24) is 10.6 Å². The molecule has 1 atom stereocenters. The first-order chi connectivity index (χ1) is 9.00. The Bertz CT molecular complexity index is 449. The van der Waals surface area contributed by atoms with Crippen LogP contribution in [0.4, 0.5) is 0 Å². The number of benzene rings is 1.